The molecule has 1 saturated heterocycles. The van der Waals surface area contributed by atoms with Crippen LogP contribution in [0.4, 0.5) is 5.95 Å². The molecule has 1 fully saturated rings. The SMILES string of the molecule is CO[C@@H]1C(=O)N(c2ncc(I)cn2)CC1(C)C. The Kier molecular flexibility index (Phi) is 3.35. The predicted octanol–water partition coefficient (Wildman–Crippen LogP) is 1.47. The predicted molar refractivity (Wildman–Crippen MR) is 71.7 cm³/mol. The summed E-state index contributed by atoms with van der Waals surface area (Å²) in [6.07, 6.45) is 2.97. The number of carbonyl (C=O) groups excluding carboxylic acids is 1. The zero-order valence-electron chi connectivity index (χ0n) is 9.98. The molecule has 1 aliphatic rings. The minimum Gasteiger partial charge on any atom is -0.371 e. The third-order valence-electron chi connectivity index (χ3n) is 2.85. The number of halogens is 1. The second-order valence-electron chi connectivity index (χ2n) is 4.73. The lowest BCUT2D eigenvalue weighted by molar-refractivity contribution is -0.128. The van der Waals surface area contributed by atoms with Crippen LogP contribution in [0.5, 0.6) is 0 Å². The van der Waals surface area contributed by atoms with Gasteiger partial charge < -0.3 is 4.74 Å². The number of hydrogen-bond donors (Lipinski definition) is 0. The maximum Gasteiger partial charge on any atom is 0.259 e. The summed E-state index contributed by atoms with van der Waals surface area (Å²) in [5, 5.41) is 0. The van der Waals surface area contributed by atoms with Gasteiger partial charge in [-0.1, -0.05) is 13.8 Å². The molecule has 2 rings (SSSR count). The fraction of sp³-hybridized carbons (Fsp3) is 0.545. The molecule has 0 aliphatic carbocycles. The lowest BCUT2D eigenvalue weighted by atomic mass is 9.90. The van der Waals surface area contributed by atoms with Crippen LogP contribution in [0.1, 0.15) is 13.8 Å². The molecule has 0 saturated carbocycles. The van der Waals surface area contributed by atoms with Gasteiger partial charge in [-0.2, -0.15) is 0 Å². The van der Waals surface area contributed by atoms with E-state index in [4.69, 9.17) is 4.74 Å². The van der Waals surface area contributed by atoms with Crippen molar-refractivity contribution in [2.24, 2.45) is 5.41 Å². The molecule has 92 valence electrons. The number of nitrogens with zero attached hydrogens (tertiary/aromatic N) is 3. The van der Waals surface area contributed by atoms with Crippen molar-refractivity contribution < 1.29 is 9.53 Å². The molecule has 0 spiro atoms. The van der Waals surface area contributed by atoms with Gasteiger partial charge in [0.05, 0.1) is 0 Å². The monoisotopic (exact) mass is 347 g/mol. The summed E-state index contributed by atoms with van der Waals surface area (Å²) in [4.78, 5) is 22.1. The van der Waals surface area contributed by atoms with Crippen molar-refractivity contribution in [2.75, 3.05) is 18.6 Å². The topological polar surface area (TPSA) is 55.3 Å². The molecule has 1 atom stereocenters. The van der Waals surface area contributed by atoms with Crippen LogP contribution in [-0.4, -0.2) is 35.6 Å². The van der Waals surface area contributed by atoms with Gasteiger partial charge in [-0.15, -0.1) is 0 Å². The number of rotatable bonds is 2. The molecule has 1 aromatic heterocycles. The van der Waals surface area contributed by atoms with E-state index in [1.165, 1.54) is 0 Å². The van der Waals surface area contributed by atoms with Crippen LogP contribution in [0.15, 0.2) is 12.4 Å². The first-order chi connectivity index (χ1) is 7.95. The van der Waals surface area contributed by atoms with Gasteiger partial charge in [0.1, 0.15) is 6.10 Å². The first kappa shape index (κ1) is 12.7. The van der Waals surface area contributed by atoms with Gasteiger partial charge in [0.2, 0.25) is 5.95 Å². The maximum atomic E-state index is 12.2. The van der Waals surface area contributed by atoms with E-state index in [2.05, 4.69) is 32.6 Å². The van der Waals surface area contributed by atoms with Crippen molar-refractivity contribution >= 4 is 34.4 Å². The highest BCUT2D eigenvalue weighted by Gasteiger charge is 2.47. The number of amides is 1. The van der Waals surface area contributed by atoms with E-state index >= 15 is 0 Å². The second kappa shape index (κ2) is 4.49. The molecule has 2 heterocycles. The second-order valence-corrected chi connectivity index (χ2v) is 5.98. The molecule has 1 aromatic rings. The van der Waals surface area contributed by atoms with Crippen molar-refractivity contribution in [1.29, 1.82) is 0 Å². The van der Waals surface area contributed by atoms with E-state index in [1.54, 1.807) is 24.4 Å². The van der Waals surface area contributed by atoms with Crippen molar-refractivity contribution in [3.8, 4) is 0 Å². The number of aromatic nitrogens is 2. The molecule has 0 radical (unpaired) electrons. The Morgan fingerprint density at radius 3 is 2.53 bits per heavy atom. The third-order valence-corrected chi connectivity index (χ3v) is 3.41. The first-order valence-electron chi connectivity index (χ1n) is 5.27. The smallest absolute Gasteiger partial charge is 0.259 e. The summed E-state index contributed by atoms with van der Waals surface area (Å²) in [5.41, 5.74) is -0.224. The summed E-state index contributed by atoms with van der Waals surface area (Å²) in [7, 11) is 1.56. The lowest BCUT2D eigenvalue weighted by Crippen LogP contribution is -2.33. The Balaban J connectivity index is 2.30. The van der Waals surface area contributed by atoms with Crippen LogP contribution in [0.2, 0.25) is 0 Å². The lowest BCUT2D eigenvalue weighted by Gasteiger charge is -2.21. The maximum absolute atomic E-state index is 12.2. The van der Waals surface area contributed by atoms with Crippen molar-refractivity contribution in [1.82, 2.24) is 9.97 Å². The van der Waals surface area contributed by atoms with Crippen molar-refractivity contribution in [2.45, 2.75) is 20.0 Å². The zero-order valence-corrected chi connectivity index (χ0v) is 12.1. The molecule has 6 heteroatoms. The molecule has 1 amide bonds. The van der Waals surface area contributed by atoms with E-state index in [-0.39, 0.29) is 11.3 Å². The fourth-order valence-electron chi connectivity index (χ4n) is 2.08. The van der Waals surface area contributed by atoms with Gasteiger partial charge in [0.15, 0.2) is 0 Å². The third kappa shape index (κ3) is 2.28. The quantitative estimate of drug-likeness (QED) is 0.761. The standard InChI is InChI=1S/C11H14IN3O2/c1-11(2)6-15(9(16)8(11)17-3)10-13-4-7(12)5-14-10/h4-5,8H,6H2,1-3H3/t8-/m1/s1. The van der Waals surface area contributed by atoms with Gasteiger partial charge >= 0.3 is 0 Å². The minimum absolute atomic E-state index is 0.0706. The summed E-state index contributed by atoms with van der Waals surface area (Å²) in [6.45, 7) is 4.59. The molecule has 0 aromatic carbocycles. The Labute approximate surface area is 114 Å². The highest BCUT2D eigenvalue weighted by Crippen LogP contribution is 2.34. The largest absolute Gasteiger partial charge is 0.371 e. The van der Waals surface area contributed by atoms with Crippen LogP contribution in [0.3, 0.4) is 0 Å². The van der Waals surface area contributed by atoms with Gasteiger partial charge in [-0.05, 0) is 22.6 Å². The molecule has 0 N–H and O–H groups in total. The van der Waals surface area contributed by atoms with E-state index in [1.807, 2.05) is 13.8 Å². The van der Waals surface area contributed by atoms with Gasteiger partial charge in [0.25, 0.3) is 5.91 Å². The van der Waals surface area contributed by atoms with Gasteiger partial charge in [-0.25, -0.2) is 9.97 Å². The van der Waals surface area contributed by atoms with E-state index < -0.39 is 6.10 Å². The Hall–Kier alpha value is -0.760. The van der Waals surface area contributed by atoms with E-state index in [0.29, 0.717) is 12.5 Å². The highest BCUT2D eigenvalue weighted by molar-refractivity contribution is 14.1. The number of anilines is 1. The average Bonchev–Trinajstić information content (AvgIpc) is 2.50. The molecule has 0 unspecified atom stereocenters. The van der Waals surface area contributed by atoms with Crippen LogP contribution < -0.4 is 4.90 Å². The van der Waals surface area contributed by atoms with Crippen LogP contribution in [0.25, 0.3) is 0 Å². The van der Waals surface area contributed by atoms with Crippen LogP contribution in [0, 0.1) is 8.99 Å². The molecular weight excluding hydrogens is 333 g/mol. The minimum atomic E-state index is -0.426. The Morgan fingerprint density at radius 1 is 1.47 bits per heavy atom. The van der Waals surface area contributed by atoms with E-state index in [9.17, 15) is 4.79 Å². The fourth-order valence-corrected chi connectivity index (χ4v) is 2.36. The molecule has 0 bridgehead atoms. The average molecular weight is 347 g/mol. The highest BCUT2D eigenvalue weighted by atomic mass is 127. The first-order valence-corrected chi connectivity index (χ1v) is 6.35. The molecule has 17 heavy (non-hydrogen) atoms. The molecular formula is C11H14IN3O2. The Bertz CT molecular complexity index is 433. The summed E-state index contributed by atoms with van der Waals surface area (Å²) in [6, 6.07) is 0. The van der Waals surface area contributed by atoms with E-state index in [0.717, 1.165) is 3.57 Å². The Morgan fingerprint density at radius 2 is 2.06 bits per heavy atom. The summed E-state index contributed by atoms with van der Waals surface area (Å²) in [5.74, 6) is 0.377. The molecule has 5 nitrogen and oxygen atoms in total. The molecule has 1 aliphatic heterocycles. The van der Waals surface area contributed by atoms with Gasteiger partial charge in [0, 0.05) is 35.0 Å². The normalized spacial score (nSPS) is 23.2. The zero-order chi connectivity index (χ0) is 12.6. The number of carbonyl (C=O) groups is 1. The summed E-state index contributed by atoms with van der Waals surface area (Å²) >= 11 is 2.13. The van der Waals surface area contributed by atoms with Gasteiger partial charge in [-0.3, -0.25) is 9.69 Å². The van der Waals surface area contributed by atoms with Crippen LogP contribution in [-0.2, 0) is 9.53 Å². The van der Waals surface area contributed by atoms with Crippen molar-refractivity contribution in [3.63, 3.8) is 0 Å². The number of methoxy groups -OCH3 is 1. The van der Waals surface area contributed by atoms with Crippen molar-refractivity contribution in [3.05, 3.63) is 16.0 Å². The van der Waals surface area contributed by atoms with Crippen LogP contribution >= 0.6 is 22.6 Å². The number of hydrogen-bond acceptors (Lipinski definition) is 4. The number of ether oxygens (including phenoxy) is 1. The summed E-state index contributed by atoms with van der Waals surface area (Å²) < 4.78 is 6.21.